The zero-order valence-electron chi connectivity index (χ0n) is 12.7. The van der Waals surface area contributed by atoms with Gasteiger partial charge in [0.05, 0.1) is 4.90 Å². The number of hydrogen-bond acceptors (Lipinski definition) is 3. The predicted octanol–water partition coefficient (Wildman–Crippen LogP) is 2.18. The highest BCUT2D eigenvalue weighted by molar-refractivity contribution is 7.89. The van der Waals surface area contributed by atoms with Crippen LogP contribution in [0.2, 0.25) is 0 Å². The Balaban J connectivity index is 2.52. The molecule has 1 rings (SSSR count). The van der Waals surface area contributed by atoms with Gasteiger partial charge in [-0.15, -0.1) is 0 Å². The van der Waals surface area contributed by atoms with Crippen LogP contribution in [0.5, 0.6) is 0 Å². The van der Waals surface area contributed by atoms with Gasteiger partial charge in [-0.25, -0.2) is 13.1 Å². The fourth-order valence-electron chi connectivity index (χ4n) is 1.85. The number of amides is 1. The molecule has 0 spiro atoms. The molecule has 1 aromatic rings. The second-order valence-corrected chi connectivity index (χ2v) is 6.78. The summed E-state index contributed by atoms with van der Waals surface area (Å²) in [5, 5.41) is 2.67. The van der Waals surface area contributed by atoms with Crippen LogP contribution in [0.4, 0.5) is 0 Å². The molecule has 6 heteroatoms. The van der Waals surface area contributed by atoms with E-state index in [1.807, 2.05) is 0 Å². The largest absolute Gasteiger partial charge is 0.352 e. The topological polar surface area (TPSA) is 75.3 Å². The van der Waals surface area contributed by atoms with Crippen LogP contribution in [0.25, 0.3) is 0 Å². The average Bonchev–Trinajstić information content (AvgIpc) is 2.45. The van der Waals surface area contributed by atoms with Gasteiger partial charge < -0.3 is 5.32 Å². The van der Waals surface area contributed by atoms with E-state index in [2.05, 4.69) is 17.0 Å². The van der Waals surface area contributed by atoms with Crippen molar-refractivity contribution < 1.29 is 13.2 Å². The molecular weight excluding hydrogens is 288 g/mol. The van der Waals surface area contributed by atoms with Crippen molar-refractivity contribution in [1.29, 1.82) is 0 Å². The van der Waals surface area contributed by atoms with Crippen molar-refractivity contribution in [2.75, 3.05) is 6.54 Å². The smallest absolute Gasteiger partial charge is 0.240 e. The molecule has 0 unspecified atom stereocenters. The Morgan fingerprint density at radius 3 is 2.33 bits per heavy atom. The van der Waals surface area contributed by atoms with E-state index in [0.717, 1.165) is 31.2 Å². The first-order valence-electron chi connectivity index (χ1n) is 7.28. The van der Waals surface area contributed by atoms with Gasteiger partial charge in [0, 0.05) is 20.0 Å². The summed E-state index contributed by atoms with van der Waals surface area (Å²) in [5.41, 5.74) is 0.868. The Labute approximate surface area is 127 Å². The maximum atomic E-state index is 12.1. The molecule has 0 bridgehead atoms. The monoisotopic (exact) mass is 312 g/mol. The molecule has 0 aliphatic carbocycles. The van der Waals surface area contributed by atoms with E-state index in [0.29, 0.717) is 13.1 Å². The van der Waals surface area contributed by atoms with Crippen molar-refractivity contribution in [3.63, 3.8) is 0 Å². The molecule has 0 saturated heterocycles. The number of rotatable bonds is 9. The first kappa shape index (κ1) is 17.7. The minimum Gasteiger partial charge on any atom is -0.352 e. The summed E-state index contributed by atoms with van der Waals surface area (Å²) in [5.74, 6) is -0.111. The lowest BCUT2D eigenvalue weighted by atomic mass is 10.2. The van der Waals surface area contributed by atoms with Crippen LogP contribution in [0.1, 0.15) is 45.1 Å². The fraction of sp³-hybridized carbons (Fsp3) is 0.533. The Morgan fingerprint density at radius 1 is 1.10 bits per heavy atom. The van der Waals surface area contributed by atoms with E-state index in [4.69, 9.17) is 0 Å². The summed E-state index contributed by atoms with van der Waals surface area (Å²) in [7, 11) is -3.43. The Hall–Kier alpha value is -1.40. The van der Waals surface area contributed by atoms with Crippen LogP contribution < -0.4 is 10.0 Å². The van der Waals surface area contributed by atoms with Crippen LogP contribution in [0.3, 0.4) is 0 Å². The second kappa shape index (κ2) is 8.79. The SMILES string of the molecule is CCCCCCNS(=O)(=O)c1ccc(CNC(C)=O)cc1. The number of carbonyl (C=O) groups is 1. The Kier molecular flexibility index (Phi) is 7.39. The number of carbonyl (C=O) groups excluding carboxylic acids is 1. The molecule has 1 amide bonds. The third-order valence-electron chi connectivity index (χ3n) is 3.10. The molecular formula is C15H24N2O3S. The standard InChI is InChI=1S/C15H24N2O3S/c1-3-4-5-6-11-17-21(19,20)15-9-7-14(8-10-15)12-16-13(2)18/h7-10,17H,3-6,11-12H2,1-2H3,(H,16,18). The zero-order chi connectivity index (χ0) is 15.7. The molecule has 21 heavy (non-hydrogen) atoms. The third kappa shape index (κ3) is 6.73. The lowest BCUT2D eigenvalue weighted by Gasteiger charge is -2.08. The molecule has 0 heterocycles. The summed E-state index contributed by atoms with van der Waals surface area (Å²) in [4.78, 5) is 11.1. The summed E-state index contributed by atoms with van der Waals surface area (Å²) < 4.78 is 26.7. The quantitative estimate of drug-likeness (QED) is 0.686. The van der Waals surface area contributed by atoms with E-state index in [9.17, 15) is 13.2 Å². The normalized spacial score (nSPS) is 11.3. The molecule has 5 nitrogen and oxygen atoms in total. The van der Waals surface area contributed by atoms with E-state index in [1.54, 1.807) is 24.3 Å². The van der Waals surface area contributed by atoms with E-state index >= 15 is 0 Å². The average molecular weight is 312 g/mol. The van der Waals surface area contributed by atoms with Gasteiger partial charge >= 0.3 is 0 Å². The van der Waals surface area contributed by atoms with Crippen LogP contribution in [0.15, 0.2) is 29.2 Å². The van der Waals surface area contributed by atoms with Gasteiger partial charge in [0.2, 0.25) is 15.9 Å². The molecule has 1 aromatic carbocycles. The number of unbranched alkanes of at least 4 members (excludes halogenated alkanes) is 3. The summed E-state index contributed by atoms with van der Waals surface area (Å²) >= 11 is 0. The van der Waals surface area contributed by atoms with Gasteiger partial charge in [-0.1, -0.05) is 38.3 Å². The molecule has 0 atom stereocenters. The molecule has 0 aliphatic heterocycles. The molecule has 0 fully saturated rings. The van der Waals surface area contributed by atoms with Crippen LogP contribution in [-0.2, 0) is 21.4 Å². The van der Waals surface area contributed by atoms with Crippen LogP contribution >= 0.6 is 0 Å². The maximum absolute atomic E-state index is 12.1. The van der Waals surface area contributed by atoms with E-state index in [1.165, 1.54) is 6.92 Å². The van der Waals surface area contributed by atoms with Crippen LogP contribution in [0, 0.1) is 0 Å². The number of benzene rings is 1. The molecule has 0 saturated carbocycles. The zero-order valence-corrected chi connectivity index (χ0v) is 13.5. The van der Waals surface area contributed by atoms with Crippen molar-refractivity contribution in [3.05, 3.63) is 29.8 Å². The highest BCUT2D eigenvalue weighted by Gasteiger charge is 2.12. The number of sulfonamides is 1. The van der Waals surface area contributed by atoms with E-state index < -0.39 is 10.0 Å². The first-order chi connectivity index (χ1) is 9.95. The molecule has 2 N–H and O–H groups in total. The Bertz CT molecular complexity index is 539. The lowest BCUT2D eigenvalue weighted by Crippen LogP contribution is -2.25. The highest BCUT2D eigenvalue weighted by Crippen LogP contribution is 2.10. The summed E-state index contributed by atoms with van der Waals surface area (Å²) in [6.45, 7) is 4.43. The van der Waals surface area contributed by atoms with Gasteiger partial charge in [0.15, 0.2) is 0 Å². The lowest BCUT2D eigenvalue weighted by molar-refractivity contribution is -0.119. The second-order valence-electron chi connectivity index (χ2n) is 5.01. The molecule has 0 radical (unpaired) electrons. The first-order valence-corrected chi connectivity index (χ1v) is 8.77. The summed E-state index contributed by atoms with van der Waals surface area (Å²) in [6.07, 6.45) is 4.14. The highest BCUT2D eigenvalue weighted by atomic mass is 32.2. The van der Waals surface area contributed by atoms with Crippen molar-refractivity contribution in [2.45, 2.75) is 51.0 Å². The van der Waals surface area contributed by atoms with Gasteiger partial charge in [-0.2, -0.15) is 0 Å². The number of nitrogens with one attached hydrogen (secondary N) is 2. The number of hydrogen-bond donors (Lipinski definition) is 2. The van der Waals surface area contributed by atoms with Crippen molar-refractivity contribution in [3.8, 4) is 0 Å². The summed E-state index contributed by atoms with van der Waals surface area (Å²) in [6, 6.07) is 6.54. The maximum Gasteiger partial charge on any atom is 0.240 e. The van der Waals surface area contributed by atoms with Gasteiger partial charge in [0.1, 0.15) is 0 Å². The fourth-order valence-corrected chi connectivity index (χ4v) is 2.93. The van der Waals surface area contributed by atoms with Crippen molar-refractivity contribution in [1.82, 2.24) is 10.0 Å². The Morgan fingerprint density at radius 2 is 1.76 bits per heavy atom. The molecule has 118 valence electrons. The van der Waals surface area contributed by atoms with Gasteiger partial charge in [0.25, 0.3) is 0 Å². The van der Waals surface area contributed by atoms with Crippen molar-refractivity contribution in [2.24, 2.45) is 0 Å². The van der Waals surface area contributed by atoms with E-state index in [-0.39, 0.29) is 10.8 Å². The van der Waals surface area contributed by atoms with Gasteiger partial charge in [-0.3, -0.25) is 4.79 Å². The minimum atomic E-state index is -3.43. The molecule has 0 aromatic heterocycles. The molecule has 0 aliphatic rings. The van der Waals surface area contributed by atoms with Crippen LogP contribution in [-0.4, -0.2) is 20.9 Å². The predicted molar refractivity (Wildman–Crippen MR) is 83.3 cm³/mol. The third-order valence-corrected chi connectivity index (χ3v) is 4.57. The van der Waals surface area contributed by atoms with Crippen molar-refractivity contribution >= 4 is 15.9 Å². The minimum absolute atomic E-state index is 0.111. The van der Waals surface area contributed by atoms with Gasteiger partial charge in [-0.05, 0) is 24.1 Å².